The molecular weight excluding hydrogens is 219 g/mol. The van der Waals surface area contributed by atoms with Crippen LogP contribution in [0.1, 0.15) is 25.5 Å². The fraction of sp³-hybridized carbons (Fsp3) is 0.538. The molecule has 96 valence electrons. The molecule has 3 N–H and O–H groups in total. The minimum Gasteiger partial charge on any atom is -0.395 e. The van der Waals surface area contributed by atoms with Crippen LogP contribution >= 0.6 is 0 Å². The fourth-order valence-corrected chi connectivity index (χ4v) is 2.08. The molecule has 0 amide bonds. The van der Waals surface area contributed by atoms with Crippen molar-refractivity contribution < 1.29 is 9.50 Å². The van der Waals surface area contributed by atoms with Gasteiger partial charge in [-0.1, -0.05) is 18.2 Å². The van der Waals surface area contributed by atoms with Crippen molar-refractivity contribution in [2.45, 2.75) is 25.9 Å². The molecule has 0 aliphatic heterocycles. The molecule has 0 radical (unpaired) electrons. The Kier molecular flexibility index (Phi) is 5.55. The fourth-order valence-electron chi connectivity index (χ4n) is 2.08. The summed E-state index contributed by atoms with van der Waals surface area (Å²) in [7, 11) is 0. The van der Waals surface area contributed by atoms with Gasteiger partial charge in [0.2, 0.25) is 0 Å². The van der Waals surface area contributed by atoms with Crippen molar-refractivity contribution in [2.75, 3.05) is 19.7 Å². The van der Waals surface area contributed by atoms with Crippen LogP contribution in [0.4, 0.5) is 4.39 Å². The first kappa shape index (κ1) is 14.1. The Balaban J connectivity index is 3.00. The van der Waals surface area contributed by atoms with E-state index in [1.165, 1.54) is 6.07 Å². The van der Waals surface area contributed by atoms with Crippen LogP contribution in [0.3, 0.4) is 0 Å². The highest BCUT2D eigenvalue weighted by molar-refractivity contribution is 5.21. The Morgan fingerprint density at radius 1 is 1.35 bits per heavy atom. The van der Waals surface area contributed by atoms with Gasteiger partial charge in [0.15, 0.2) is 0 Å². The van der Waals surface area contributed by atoms with Crippen LogP contribution in [0.5, 0.6) is 0 Å². The smallest absolute Gasteiger partial charge is 0.128 e. The number of nitrogens with two attached hydrogens (primary N) is 1. The van der Waals surface area contributed by atoms with Crippen molar-refractivity contribution in [3.8, 4) is 0 Å². The highest BCUT2D eigenvalue weighted by Gasteiger charge is 2.23. The molecular formula is C13H21FN2O. The molecule has 17 heavy (non-hydrogen) atoms. The van der Waals surface area contributed by atoms with Gasteiger partial charge in [-0.3, -0.25) is 4.90 Å². The van der Waals surface area contributed by atoms with E-state index in [-0.39, 0.29) is 24.5 Å². The summed E-state index contributed by atoms with van der Waals surface area (Å²) in [4.78, 5) is 2.01. The van der Waals surface area contributed by atoms with E-state index in [2.05, 4.69) is 0 Å². The molecule has 0 saturated heterocycles. The second-order valence-electron chi connectivity index (χ2n) is 4.33. The number of benzene rings is 1. The summed E-state index contributed by atoms with van der Waals surface area (Å²) in [6.07, 6.45) is 0. The zero-order valence-corrected chi connectivity index (χ0v) is 10.4. The number of nitrogens with zero attached hydrogens (tertiary/aromatic N) is 1. The summed E-state index contributed by atoms with van der Waals surface area (Å²) in [5.74, 6) is -0.244. The van der Waals surface area contributed by atoms with Gasteiger partial charge in [-0.05, 0) is 19.9 Å². The highest BCUT2D eigenvalue weighted by atomic mass is 19.1. The van der Waals surface area contributed by atoms with Crippen molar-refractivity contribution in [3.05, 3.63) is 35.6 Å². The van der Waals surface area contributed by atoms with E-state index in [9.17, 15) is 4.39 Å². The number of hydrogen-bond donors (Lipinski definition) is 2. The largest absolute Gasteiger partial charge is 0.395 e. The van der Waals surface area contributed by atoms with Crippen molar-refractivity contribution in [1.29, 1.82) is 0 Å². The van der Waals surface area contributed by atoms with E-state index in [1.54, 1.807) is 18.2 Å². The van der Waals surface area contributed by atoms with Gasteiger partial charge in [-0.2, -0.15) is 0 Å². The number of rotatable bonds is 6. The van der Waals surface area contributed by atoms with Gasteiger partial charge in [0, 0.05) is 24.7 Å². The minimum atomic E-state index is -0.244. The summed E-state index contributed by atoms with van der Waals surface area (Å²) in [5, 5.41) is 9.07. The quantitative estimate of drug-likeness (QED) is 0.792. The lowest BCUT2D eigenvalue weighted by Gasteiger charge is -2.34. The Morgan fingerprint density at radius 3 is 2.47 bits per heavy atom. The molecule has 1 rings (SSSR count). The standard InChI is InChI=1S/C13H21FN2O/c1-10(2)16(7-8-17)13(9-15)11-5-3-4-6-12(11)14/h3-6,10,13,17H,7-9,15H2,1-2H3. The van der Waals surface area contributed by atoms with E-state index < -0.39 is 0 Å². The summed E-state index contributed by atoms with van der Waals surface area (Å²) in [6, 6.07) is 6.67. The van der Waals surface area contributed by atoms with Crippen molar-refractivity contribution >= 4 is 0 Å². The van der Waals surface area contributed by atoms with Crippen LogP contribution in [-0.4, -0.2) is 35.7 Å². The van der Waals surface area contributed by atoms with Crippen LogP contribution in [0.2, 0.25) is 0 Å². The molecule has 0 heterocycles. The lowest BCUT2D eigenvalue weighted by molar-refractivity contribution is 0.119. The summed E-state index contributed by atoms with van der Waals surface area (Å²) in [5.41, 5.74) is 6.35. The van der Waals surface area contributed by atoms with Gasteiger partial charge in [-0.15, -0.1) is 0 Å². The van der Waals surface area contributed by atoms with Gasteiger partial charge in [0.25, 0.3) is 0 Å². The van der Waals surface area contributed by atoms with E-state index in [0.29, 0.717) is 18.7 Å². The van der Waals surface area contributed by atoms with Crippen LogP contribution in [-0.2, 0) is 0 Å². The SMILES string of the molecule is CC(C)N(CCO)C(CN)c1ccccc1F. The third kappa shape index (κ3) is 3.49. The topological polar surface area (TPSA) is 49.5 Å². The third-order valence-electron chi connectivity index (χ3n) is 2.91. The van der Waals surface area contributed by atoms with E-state index in [0.717, 1.165) is 0 Å². The van der Waals surface area contributed by atoms with Gasteiger partial charge < -0.3 is 10.8 Å². The molecule has 0 bridgehead atoms. The maximum Gasteiger partial charge on any atom is 0.128 e. The Morgan fingerprint density at radius 2 is 2.00 bits per heavy atom. The van der Waals surface area contributed by atoms with Crippen molar-refractivity contribution in [1.82, 2.24) is 4.90 Å². The van der Waals surface area contributed by atoms with Gasteiger partial charge >= 0.3 is 0 Å². The minimum absolute atomic E-state index is 0.0448. The number of hydrogen-bond acceptors (Lipinski definition) is 3. The summed E-state index contributed by atoms with van der Waals surface area (Å²) in [6.45, 7) is 4.90. The maximum atomic E-state index is 13.7. The highest BCUT2D eigenvalue weighted by Crippen LogP contribution is 2.23. The molecule has 0 saturated carbocycles. The molecule has 0 spiro atoms. The molecule has 1 aromatic rings. The van der Waals surface area contributed by atoms with Crippen molar-refractivity contribution in [3.63, 3.8) is 0 Å². The predicted octanol–water partition coefficient (Wildman–Crippen LogP) is 1.53. The summed E-state index contributed by atoms with van der Waals surface area (Å²) < 4.78 is 13.7. The first-order chi connectivity index (χ1) is 8.11. The van der Waals surface area contributed by atoms with Gasteiger partial charge in [0.05, 0.1) is 12.6 Å². The van der Waals surface area contributed by atoms with Crippen LogP contribution < -0.4 is 5.73 Å². The molecule has 3 nitrogen and oxygen atoms in total. The van der Waals surface area contributed by atoms with Gasteiger partial charge in [0.1, 0.15) is 5.82 Å². The molecule has 1 aromatic carbocycles. The molecule has 1 atom stereocenters. The lowest BCUT2D eigenvalue weighted by atomic mass is 10.0. The molecule has 4 heteroatoms. The molecule has 1 unspecified atom stereocenters. The Labute approximate surface area is 102 Å². The lowest BCUT2D eigenvalue weighted by Crippen LogP contribution is -2.40. The zero-order valence-electron chi connectivity index (χ0n) is 10.4. The van der Waals surface area contributed by atoms with Crippen LogP contribution in [0, 0.1) is 5.82 Å². The van der Waals surface area contributed by atoms with Gasteiger partial charge in [-0.25, -0.2) is 4.39 Å². The third-order valence-corrected chi connectivity index (χ3v) is 2.91. The predicted molar refractivity (Wildman–Crippen MR) is 67.1 cm³/mol. The second kappa shape index (κ2) is 6.69. The van der Waals surface area contributed by atoms with Crippen molar-refractivity contribution in [2.24, 2.45) is 5.73 Å². The zero-order chi connectivity index (χ0) is 12.8. The normalized spacial score (nSPS) is 13.4. The molecule has 0 aliphatic rings. The summed E-state index contributed by atoms with van der Waals surface area (Å²) >= 11 is 0. The first-order valence-corrected chi connectivity index (χ1v) is 5.93. The van der Waals surface area contributed by atoms with E-state index in [4.69, 9.17) is 10.8 Å². The molecule has 0 aromatic heterocycles. The second-order valence-corrected chi connectivity index (χ2v) is 4.33. The van der Waals surface area contributed by atoms with Crippen LogP contribution in [0.25, 0.3) is 0 Å². The average Bonchev–Trinajstić information content (AvgIpc) is 2.31. The average molecular weight is 240 g/mol. The molecule has 0 aliphatic carbocycles. The monoisotopic (exact) mass is 240 g/mol. The number of aliphatic hydroxyl groups excluding tert-OH is 1. The molecule has 0 fully saturated rings. The van der Waals surface area contributed by atoms with E-state index >= 15 is 0 Å². The number of halogens is 1. The maximum absolute atomic E-state index is 13.7. The Bertz CT molecular complexity index is 344. The number of aliphatic hydroxyl groups is 1. The van der Waals surface area contributed by atoms with E-state index in [1.807, 2.05) is 18.7 Å². The Hall–Kier alpha value is -0.970. The first-order valence-electron chi connectivity index (χ1n) is 5.93. The van der Waals surface area contributed by atoms with Crippen LogP contribution in [0.15, 0.2) is 24.3 Å².